The lowest BCUT2D eigenvalue weighted by molar-refractivity contribution is -0.117. The molecule has 7 nitrogen and oxygen atoms in total. The third-order valence-corrected chi connectivity index (χ3v) is 5.86. The van der Waals surface area contributed by atoms with Gasteiger partial charge in [-0.3, -0.25) is 19.7 Å². The van der Waals surface area contributed by atoms with Crippen LogP contribution in [0.3, 0.4) is 0 Å². The molecule has 9 heteroatoms. The number of carbonyl (C=O) groups is 3. The second-order valence-electron chi connectivity index (χ2n) is 6.78. The van der Waals surface area contributed by atoms with Crippen molar-refractivity contribution in [1.82, 2.24) is 4.98 Å². The third kappa shape index (κ3) is 3.92. The summed E-state index contributed by atoms with van der Waals surface area (Å²) in [5.41, 5.74) is 6.87. The summed E-state index contributed by atoms with van der Waals surface area (Å²) in [6.45, 7) is 0. The van der Waals surface area contributed by atoms with E-state index in [2.05, 4.69) is 15.6 Å². The molecule has 1 aliphatic carbocycles. The van der Waals surface area contributed by atoms with Crippen molar-refractivity contribution in [3.05, 3.63) is 76.0 Å². The predicted octanol–water partition coefficient (Wildman–Crippen LogP) is 3.30. The summed E-state index contributed by atoms with van der Waals surface area (Å²) in [6.07, 6.45) is 1.25. The fourth-order valence-electron chi connectivity index (χ4n) is 3.33. The molecule has 4 N–H and O–H groups in total. The van der Waals surface area contributed by atoms with Crippen LogP contribution in [-0.2, 0) is 11.2 Å². The molecule has 1 aliphatic rings. The number of para-hydroxylation sites is 1. The number of aryl methyl sites for hydroxylation is 1. The van der Waals surface area contributed by atoms with Crippen LogP contribution in [0.15, 0.2) is 48.5 Å². The molecule has 0 radical (unpaired) electrons. The van der Waals surface area contributed by atoms with Gasteiger partial charge in [0.25, 0.3) is 11.8 Å². The molecule has 2 aromatic carbocycles. The van der Waals surface area contributed by atoms with E-state index in [1.165, 1.54) is 35.6 Å². The van der Waals surface area contributed by atoms with Crippen molar-refractivity contribution in [2.24, 2.45) is 5.73 Å². The van der Waals surface area contributed by atoms with Gasteiger partial charge in [-0.1, -0.05) is 12.1 Å². The van der Waals surface area contributed by atoms with Crippen molar-refractivity contribution in [3.63, 3.8) is 0 Å². The van der Waals surface area contributed by atoms with E-state index < -0.39 is 23.5 Å². The van der Waals surface area contributed by atoms with Crippen LogP contribution in [-0.4, -0.2) is 22.7 Å². The Labute approximate surface area is 175 Å². The van der Waals surface area contributed by atoms with E-state index in [9.17, 15) is 18.8 Å². The monoisotopic (exact) mass is 424 g/mol. The molecule has 1 heterocycles. The van der Waals surface area contributed by atoms with Gasteiger partial charge < -0.3 is 11.1 Å². The van der Waals surface area contributed by atoms with Gasteiger partial charge in [-0.2, -0.15) is 0 Å². The summed E-state index contributed by atoms with van der Waals surface area (Å²) < 4.78 is 13.0. The molecule has 0 aliphatic heterocycles. The number of thiazole rings is 1. The van der Waals surface area contributed by atoms with Crippen molar-refractivity contribution in [2.75, 3.05) is 10.6 Å². The molecule has 0 bridgehead atoms. The number of anilines is 2. The summed E-state index contributed by atoms with van der Waals surface area (Å²) in [5, 5.41) is 5.83. The highest BCUT2D eigenvalue weighted by Gasteiger charge is 2.33. The van der Waals surface area contributed by atoms with Crippen LogP contribution in [0.4, 0.5) is 15.2 Å². The minimum Gasteiger partial charge on any atom is -0.366 e. The van der Waals surface area contributed by atoms with E-state index >= 15 is 0 Å². The maximum Gasteiger partial charge on any atom is 0.257 e. The molecular formula is C21H17FN4O3S. The predicted molar refractivity (Wildman–Crippen MR) is 111 cm³/mol. The largest absolute Gasteiger partial charge is 0.366 e. The number of hydrogen-bond donors (Lipinski definition) is 3. The highest BCUT2D eigenvalue weighted by Crippen LogP contribution is 2.39. The number of benzene rings is 2. The Morgan fingerprint density at radius 2 is 1.80 bits per heavy atom. The molecular weight excluding hydrogens is 407 g/mol. The van der Waals surface area contributed by atoms with Crippen molar-refractivity contribution in [3.8, 4) is 0 Å². The first kappa shape index (κ1) is 19.7. The van der Waals surface area contributed by atoms with Gasteiger partial charge >= 0.3 is 0 Å². The van der Waals surface area contributed by atoms with Crippen molar-refractivity contribution < 1.29 is 18.8 Å². The molecule has 3 amide bonds. The first-order valence-electron chi connectivity index (χ1n) is 9.18. The van der Waals surface area contributed by atoms with Crippen LogP contribution in [0.5, 0.6) is 0 Å². The van der Waals surface area contributed by atoms with Gasteiger partial charge in [0.1, 0.15) is 5.82 Å². The van der Waals surface area contributed by atoms with E-state index in [1.807, 2.05) is 0 Å². The van der Waals surface area contributed by atoms with E-state index in [1.54, 1.807) is 24.3 Å². The summed E-state index contributed by atoms with van der Waals surface area (Å²) in [7, 11) is 0. The molecule has 0 fully saturated rings. The quantitative estimate of drug-likeness (QED) is 0.583. The number of halogens is 1. The van der Waals surface area contributed by atoms with E-state index in [0.29, 0.717) is 34.9 Å². The molecule has 3 aromatic rings. The fourth-order valence-corrected chi connectivity index (χ4v) is 4.37. The van der Waals surface area contributed by atoms with Gasteiger partial charge in [-0.15, -0.1) is 11.3 Å². The zero-order valence-corrected chi connectivity index (χ0v) is 16.5. The van der Waals surface area contributed by atoms with Gasteiger partial charge in [0.05, 0.1) is 22.9 Å². The molecule has 0 saturated heterocycles. The molecule has 0 saturated carbocycles. The first-order valence-corrected chi connectivity index (χ1v) is 10.00. The molecule has 30 heavy (non-hydrogen) atoms. The smallest absolute Gasteiger partial charge is 0.257 e. The molecule has 1 aromatic heterocycles. The summed E-state index contributed by atoms with van der Waals surface area (Å²) in [4.78, 5) is 42.1. The summed E-state index contributed by atoms with van der Waals surface area (Å²) in [6, 6.07) is 11.7. The molecule has 152 valence electrons. The Morgan fingerprint density at radius 3 is 2.53 bits per heavy atom. The van der Waals surface area contributed by atoms with Gasteiger partial charge in [0, 0.05) is 10.4 Å². The van der Waals surface area contributed by atoms with Gasteiger partial charge in [0.15, 0.2) is 5.13 Å². The van der Waals surface area contributed by atoms with Gasteiger partial charge in [0.2, 0.25) is 5.91 Å². The zero-order chi connectivity index (χ0) is 21.3. The van der Waals surface area contributed by atoms with Crippen LogP contribution >= 0.6 is 11.3 Å². The Morgan fingerprint density at radius 1 is 1.07 bits per heavy atom. The lowest BCUT2D eigenvalue weighted by atomic mass is 10.1. The summed E-state index contributed by atoms with van der Waals surface area (Å²) in [5.74, 6) is -2.24. The number of primary amides is 1. The Kier molecular flexibility index (Phi) is 5.28. The summed E-state index contributed by atoms with van der Waals surface area (Å²) >= 11 is 1.31. The minimum atomic E-state index is -0.627. The van der Waals surface area contributed by atoms with E-state index in [-0.39, 0.29) is 11.5 Å². The van der Waals surface area contributed by atoms with Crippen LogP contribution in [0.1, 0.15) is 43.6 Å². The van der Waals surface area contributed by atoms with Crippen LogP contribution in [0.2, 0.25) is 0 Å². The number of nitrogens with two attached hydrogens (primary N) is 1. The molecule has 1 unspecified atom stereocenters. The minimum absolute atomic E-state index is 0.231. The Bertz CT molecular complexity index is 1140. The molecule has 4 rings (SSSR count). The number of amides is 3. The maximum absolute atomic E-state index is 13.0. The molecule has 1 atom stereocenters. The van der Waals surface area contributed by atoms with Gasteiger partial charge in [-0.05, 0) is 49.2 Å². The zero-order valence-electron chi connectivity index (χ0n) is 15.6. The van der Waals surface area contributed by atoms with E-state index in [4.69, 9.17) is 5.73 Å². The normalized spacial score (nSPS) is 14.8. The van der Waals surface area contributed by atoms with Crippen molar-refractivity contribution in [1.29, 1.82) is 0 Å². The number of rotatable bonds is 5. The number of nitrogens with one attached hydrogen (secondary N) is 2. The lowest BCUT2D eigenvalue weighted by Gasteiger charge is -2.12. The maximum atomic E-state index is 13.0. The Hall–Kier alpha value is -3.59. The number of aromatic nitrogens is 1. The van der Waals surface area contributed by atoms with Crippen LogP contribution in [0, 0.1) is 5.82 Å². The average Bonchev–Trinajstić information content (AvgIpc) is 3.28. The van der Waals surface area contributed by atoms with Crippen LogP contribution in [0.25, 0.3) is 0 Å². The number of fused-ring (bicyclic) bond motifs is 1. The number of nitrogens with zero attached hydrogens (tertiary/aromatic N) is 1. The third-order valence-electron chi connectivity index (χ3n) is 4.81. The standard InChI is InChI=1S/C21H17FN4O3S/c22-12-7-5-11(6-8-12)19(28)26-21-25-17-14(9-10-16(17)30-21)20(29)24-15-4-2-1-3-13(15)18(23)27/h1-8,14H,9-10H2,(H2,23,27)(H,24,29)(H,25,26,28). The lowest BCUT2D eigenvalue weighted by Crippen LogP contribution is -2.22. The number of hydrogen-bond acceptors (Lipinski definition) is 5. The Balaban J connectivity index is 1.49. The first-order chi connectivity index (χ1) is 14.4. The SMILES string of the molecule is NC(=O)c1ccccc1NC(=O)C1CCc2sc(NC(=O)c3ccc(F)cc3)nc21. The average molecular weight is 424 g/mol. The van der Waals surface area contributed by atoms with Crippen LogP contribution < -0.4 is 16.4 Å². The second-order valence-corrected chi connectivity index (χ2v) is 7.86. The van der Waals surface area contributed by atoms with E-state index in [0.717, 1.165) is 4.88 Å². The fraction of sp³-hybridized carbons (Fsp3) is 0.143. The van der Waals surface area contributed by atoms with Crippen molar-refractivity contribution in [2.45, 2.75) is 18.8 Å². The topological polar surface area (TPSA) is 114 Å². The van der Waals surface area contributed by atoms with Gasteiger partial charge in [-0.25, -0.2) is 9.37 Å². The van der Waals surface area contributed by atoms with Crippen molar-refractivity contribution >= 4 is 39.9 Å². The highest BCUT2D eigenvalue weighted by molar-refractivity contribution is 7.16. The second kappa shape index (κ2) is 8.03. The molecule has 0 spiro atoms. The highest BCUT2D eigenvalue weighted by atomic mass is 32.1. The number of carbonyl (C=O) groups excluding carboxylic acids is 3.